The monoisotopic (exact) mass is 402 g/mol. The lowest BCUT2D eigenvalue weighted by molar-refractivity contribution is -0.125. The largest absolute Gasteiger partial charge is 0.486 e. The molecular formula is C20H19ClN2O5. The third-order valence-corrected chi connectivity index (χ3v) is 4.78. The lowest BCUT2D eigenvalue weighted by atomic mass is 10.1. The van der Waals surface area contributed by atoms with Crippen molar-refractivity contribution < 1.29 is 23.8 Å². The quantitative estimate of drug-likeness (QED) is 0.829. The zero-order valence-electron chi connectivity index (χ0n) is 15.1. The minimum atomic E-state index is -0.243. The maximum absolute atomic E-state index is 12.3. The Hall–Kier alpha value is -2.93. The van der Waals surface area contributed by atoms with Gasteiger partial charge in [0, 0.05) is 6.54 Å². The van der Waals surface area contributed by atoms with Crippen LogP contribution in [0.4, 0.5) is 5.69 Å². The molecule has 2 aliphatic rings. The highest BCUT2D eigenvalue weighted by Crippen LogP contribution is 2.38. The number of benzene rings is 2. The first kappa shape index (κ1) is 18.4. The molecule has 2 heterocycles. The van der Waals surface area contributed by atoms with Crippen LogP contribution < -0.4 is 24.4 Å². The molecule has 2 amide bonds. The van der Waals surface area contributed by atoms with Crippen LogP contribution in [0.25, 0.3) is 0 Å². The molecule has 0 radical (unpaired) electrons. The third kappa shape index (κ3) is 3.84. The first-order chi connectivity index (χ1) is 13.6. The predicted molar refractivity (Wildman–Crippen MR) is 103 cm³/mol. The van der Waals surface area contributed by atoms with Gasteiger partial charge in [-0.3, -0.25) is 14.5 Å². The summed E-state index contributed by atoms with van der Waals surface area (Å²) >= 11 is 6.23. The SMILES string of the molecule is O=C(CN1C(=O)COc2ccccc21)NCCc1cc(Cl)c2c(c1)OCCO2. The fourth-order valence-electron chi connectivity index (χ4n) is 3.18. The third-order valence-electron chi connectivity index (χ3n) is 4.50. The van der Waals surface area contributed by atoms with Gasteiger partial charge in [-0.15, -0.1) is 0 Å². The van der Waals surface area contributed by atoms with E-state index in [0.29, 0.717) is 54.1 Å². The molecule has 0 bridgehead atoms. The van der Waals surface area contributed by atoms with Crippen LogP contribution in [0.2, 0.25) is 5.02 Å². The Morgan fingerprint density at radius 3 is 2.82 bits per heavy atom. The highest BCUT2D eigenvalue weighted by Gasteiger charge is 2.26. The zero-order chi connectivity index (χ0) is 19.5. The van der Waals surface area contributed by atoms with Gasteiger partial charge in [0.05, 0.1) is 10.7 Å². The molecule has 2 aromatic carbocycles. The second-order valence-corrected chi connectivity index (χ2v) is 6.85. The van der Waals surface area contributed by atoms with Gasteiger partial charge in [-0.25, -0.2) is 0 Å². The van der Waals surface area contributed by atoms with E-state index >= 15 is 0 Å². The van der Waals surface area contributed by atoms with Crippen molar-refractivity contribution in [3.63, 3.8) is 0 Å². The highest BCUT2D eigenvalue weighted by molar-refractivity contribution is 6.32. The van der Waals surface area contributed by atoms with Crippen molar-refractivity contribution in [3.8, 4) is 17.2 Å². The average molecular weight is 403 g/mol. The van der Waals surface area contributed by atoms with Crippen LogP contribution in [-0.2, 0) is 16.0 Å². The van der Waals surface area contributed by atoms with Crippen molar-refractivity contribution in [1.82, 2.24) is 5.32 Å². The number of hydrogen-bond donors (Lipinski definition) is 1. The fraction of sp³-hybridized carbons (Fsp3) is 0.300. The number of ether oxygens (including phenoxy) is 3. The molecule has 2 aromatic rings. The first-order valence-corrected chi connectivity index (χ1v) is 9.36. The second-order valence-electron chi connectivity index (χ2n) is 6.44. The number of hydrogen-bond acceptors (Lipinski definition) is 5. The molecule has 2 aliphatic heterocycles. The van der Waals surface area contributed by atoms with Crippen molar-refractivity contribution in [2.45, 2.75) is 6.42 Å². The van der Waals surface area contributed by atoms with Crippen molar-refractivity contribution in [1.29, 1.82) is 0 Å². The van der Waals surface area contributed by atoms with Crippen molar-refractivity contribution in [3.05, 3.63) is 47.0 Å². The van der Waals surface area contributed by atoms with E-state index in [0.717, 1.165) is 5.56 Å². The van der Waals surface area contributed by atoms with E-state index in [1.807, 2.05) is 18.2 Å². The Labute approximate surface area is 167 Å². The number of halogens is 1. The Bertz CT molecular complexity index is 917. The molecule has 1 N–H and O–H groups in total. The van der Waals surface area contributed by atoms with E-state index in [2.05, 4.69) is 5.32 Å². The summed E-state index contributed by atoms with van der Waals surface area (Å²) in [6.45, 7) is 1.25. The minimum absolute atomic E-state index is 0.0545. The molecule has 0 saturated heterocycles. The zero-order valence-corrected chi connectivity index (χ0v) is 15.8. The van der Waals surface area contributed by atoms with Gasteiger partial charge in [-0.05, 0) is 36.2 Å². The Morgan fingerprint density at radius 2 is 1.93 bits per heavy atom. The van der Waals surface area contributed by atoms with E-state index in [4.69, 9.17) is 25.8 Å². The summed E-state index contributed by atoms with van der Waals surface area (Å²) < 4.78 is 16.5. The van der Waals surface area contributed by atoms with Crippen LogP contribution in [0.1, 0.15) is 5.56 Å². The molecule has 28 heavy (non-hydrogen) atoms. The van der Waals surface area contributed by atoms with E-state index in [1.54, 1.807) is 18.2 Å². The summed E-state index contributed by atoms with van der Waals surface area (Å²) in [5.41, 5.74) is 1.54. The number of carbonyl (C=O) groups excluding carboxylic acids is 2. The fourth-order valence-corrected chi connectivity index (χ4v) is 3.47. The first-order valence-electron chi connectivity index (χ1n) is 8.99. The predicted octanol–water partition coefficient (Wildman–Crippen LogP) is 2.20. The van der Waals surface area contributed by atoms with Gasteiger partial charge in [0.25, 0.3) is 5.91 Å². The Balaban J connectivity index is 1.34. The number of fused-ring (bicyclic) bond motifs is 2. The van der Waals surface area contributed by atoms with Crippen molar-refractivity contribution >= 4 is 29.1 Å². The van der Waals surface area contributed by atoms with Gasteiger partial charge < -0.3 is 19.5 Å². The van der Waals surface area contributed by atoms with E-state index in [-0.39, 0.29) is 25.0 Å². The van der Waals surface area contributed by atoms with Gasteiger partial charge in [0.2, 0.25) is 5.91 Å². The maximum atomic E-state index is 12.3. The summed E-state index contributed by atoms with van der Waals surface area (Å²) in [5, 5.41) is 3.34. The number of amides is 2. The standard InChI is InChI=1S/C20H19ClN2O5/c21-14-9-13(10-17-20(14)27-8-7-26-17)5-6-22-18(24)11-23-15-3-1-2-4-16(15)28-12-19(23)25/h1-4,9-10H,5-8,11-12H2,(H,22,24). The average Bonchev–Trinajstić information content (AvgIpc) is 2.70. The van der Waals surface area contributed by atoms with Gasteiger partial charge in [0.15, 0.2) is 18.1 Å². The summed E-state index contributed by atoms with van der Waals surface area (Å²) in [6.07, 6.45) is 0.579. The summed E-state index contributed by atoms with van der Waals surface area (Å²) in [6, 6.07) is 10.8. The Kier molecular flexibility index (Phi) is 5.25. The highest BCUT2D eigenvalue weighted by atomic mass is 35.5. The maximum Gasteiger partial charge on any atom is 0.265 e. The number of nitrogens with one attached hydrogen (secondary N) is 1. The molecule has 0 atom stereocenters. The number of para-hydroxylation sites is 2. The molecule has 8 heteroatoms. The molecule has 0 saturated carbocycles. The molecule has 4 rings (SSSR count). The molecule has 0 unspecified atom stereocenters. The molecule has 0 spiro atoms. The molecule has 0 aliphatic carbocycles. The van der Waals surface area contributed by atoms with Gasteiger partial charge in [0.1, 0.15) is 25.5 Å². The number of rotatable bonds is 5. The topological polar surface area (TPSA) is 77.1 Å². The normalized spacial score (nSPS) is 14.9. The van der Waals surface area contributed by atoms with Crippen LogP contribution in [0.15, 0.2) is 36.4 Å². The number of carbonyl (C=O) groups is 2. The summed E-state index contributed by atoms with van der Waals surface area (Å²) in [5.74, 6) is 1.29. The Morgan fingerprint density at radius 1 is 1.11 bits per heavy atom. The second kappa shape index (κ2) is 7.98. The smallest absolute Gasteiger partial charge is 0.265 e. The molecule has 0 fully saturated rings. The number of anilines is 1. The van der Waals surface area contributed by atoms with Gasteiger partial charge in [-0.2, -0.15) is 0 Å². The van der Waals surface area contributed by atoms with Crippen LogP contribution in [0, 0.1) is 0 Å². The number of nitrogens with zero attached hydrogens (tertiary/aromatic N) is 1. The van der Waals surface area contributed by atoms with E-state index in [9.17, 15) is 9.59 Å². The molecule has 0 aromatic heterocycles. The molecule has 146 valence electrons. The van der Waals surface area contributed by atoms with Crippen molar-refractivity contribution in [2.75, 3.05) is 37.8 Å². The van der Waals surface area contributed by atoms with Crippen LogP contribution in [0.3, 0.4) is 0 Å². The lowest BCUT2D eigenvalue weighted by Gasteiger charge is -2.28. The van der Waals surface area contributed by atoms with Crippen molar-refractivity contribution in [2.24, 2.45) is 0 Å². The lowest BCUT2D eigenvalue weighted by Crippen LogP contribution is -2.45. The van der Waals surface area contributed by atoms with Gasteiger partial charge in [-0.1, -0.05) is 23.7 Å². The van der Waals surface area contributed by atoms with Crippen LogP contribution in [0.5, 0.6) is 17.2 Å². The van der Waals surface area contributed by atoms with Crippen LogP contribution in [-0.4, -0.2) is 44.7 Å². The minimum Gasteiger partial charge on any atom is -0.486 e. The summed E-state index contributed by atoms with van der Waals surface area (Å²) in [4.78, 5) is 25.9. The van der Waals surface area contributed by atoms with E-state index in [1.165, 1.54) is 4.90 Å². The molecular weight excluding hydrogens is 384 g/mol. The van der Waals surface area contributed by atoms with E-state index < -0.39 is 0 Å². The van der Waals surface area contributed by atoms with Crippen LogP contribution >= 0.6 is 11.6 Å². The summed E-state index contributed by atoms with van der Waals surface area (Å²) in [7, 11) is 0. The molecule has 7 nitrogen and oxygen atoms in total. The van der Waals surface area contributed by atoms with Gasteiger partial charge >= 0.3 is 0 Å².